The molecule has 0 amide bonds. The lowest BCUT2D eigenvalue weighted by Crippen LogP contribution is -2.52. The summed E-state index contributed by atoms with van der Waals surface area (Å²) in [5.74, 6) is 0. The van der Waals surface area contributed by atoms with Gasteiger partial charge >= 0.3 is 0 Å². The Kier molecular flexibility index (Phi) is 1.88. The smallest absolute Gasteiger partial charge is 0.0579 e. The van der Waals surface area contributed by atoms with Gasteiger partial charge in [0.1, 0.15) is 0 Å². The van der Waals surface area contributed by atoms with Gasteiger partial charge in [0.25, 0.3) is 0 Å². The monoisotopic (exact) mass is 176 g/mol. The fourth-order valence-corrected chi connectivity index (χ4v) is 1.77. The highest BCUT2D eigenvalue weighted by molar-refractivity contribution is 5.19. The van der Waals surface area contributed by atoms with Gasteiger partial charge in [-0.25, -0.2) is 0 Å². The van der Waals surface area contributed by atoms with Crippen LogP contribution in [-0.4, -0.2) is 11.5 Å². The van der Waals surface area contributed by atoms with Gasteiger partial charge in [0, 0.05) is 12.7 Å². The van der Waals surface area contributed by atoms with E-state index in [4.69, 9.17) is 0 Å². The van der Waals surface area contributed by atoms with Gasteiger partial charge in [-0.05, 0) is 24.0 Å². The molecule has 2 heterocycles. The Morgan fingerprint density at radius 3 is 2.62 bits per heavy atom. The number of hydrogen-bond donors (Lipinski definition) is 1. The molecule has 1 aromatic rings. The highest BCUT2D eigenvalue weighted by Gasteiger charge is 2.39. The fraction of sp³-hybridized carbons (Fsp3) is 0.545. The Labute approximate surface area is 79.4 Å². The van der Waals surface area contributed by atoms with Crippen LogP contribution in [0.15, 0.2) is 18.3 Å². The van der Waals surface area contributed by atoms with Crippen LogP contribution in [0.4, 0.5) is 0 Å². The molecule has 0 spiro atoms. The van der Waals surface area contributed by atoms with Crippen molar-refractivity contribution in [1.29, 1.82) is 0 Å². The Morgan fingerprint density at radius 1 is 1.46 bits per heavy atom. The first kappa shape index (κ1) is 8.70. The van der Waals surface area contributed by atoms with Gasteiger partial charge in [0.05, 0.1) is 11.7 Å². The normalized spacial score (nSPS) is 25.3. The van der Waals surface area contributed by atoms with Crippen LogP contribution >= 0.6 is 0 Å². The largest absolute Gasteiger partial charge is 0.308 e. The maximum atomic E-state index is 4.43. The number of nitrogens with zero attached hydrogens (tertiary/aromatic N) is 1. The summed E-state index contributed by atoms with van der Waals surface area (Å²) >= 11 is 0. The van der Waals surface area contributed by atoms with E-state index in [0.29, 0.717) is 11.5 Å². The lowest BCUT2D eigenvalue weighted by atomic mass is 9.75. The molecule has 1 saturated heterocycles. The predicted molar refractivity (Wildman–Crippen MR) is 53.5 cm³/mol. The minimum Gasteiger partial charge on any atom is -0.308 e. The Balaban J connectivity index is 2.22. The molecule has 0 radical (unpaired) electrons. The molecule has 2 heteroatoms. The highest BCUT2D eigenvalue weighted by atomic mass is 15.1. The molecule has 1 fully saturated rings. The van der Waals surface area contributed by atoms with Crippen LogP contribution in [0.5, 0.6) is 0 Å². The van der Waals surface area contributed by atoms with Crippen molar-refractivity contribution >= 4 is 0 Å². The van der Waals surface area contributed by atoms with E-state index in [1.807, 2.05) is 6.20 Å². The minimum absolute atomic E-state index is 0.363. The predicted octanol–water partition coefficient (Wildman–Crippen LogP) is 2.06. The molecular weight excluding hydrogens is 160 g/mol. The zero-order valence-electron chi connectivity index (χ0n) is 8.46. The third-order valence-corrected chi connectivity index (χ3v) is 2.77. The summed E-state index contributed by atoms with van der Waals surface area (Å²) in [7, 11) is 0. The molecule has 1 aromatic heterocycles. The molecule has 2 nitrogen and oxygen atoms in total. The van der Waals surface area contributed by atoms with Crippen LogP contribution in [0.1, 0.15) is 31.1 Å². The fourth-order valence-electron chi connectivity index (χ4n) is 1.77. The quantitative estimate of drug-likeness (QED) is 0.708. The van der Waals surface area contributed by atoms with E-state index < -0.39 is 0 Å². The molecule has 1 unspecified atom stereocenters. The number of aromatic nitrogens is 1. The zero-order chi connectivity index (χ0) is 9.47. The van der Waals surface area contributed by atoms with Gasteiger partial charge < -0.3 is 5.32 Å². The van der Waals surface area contributed by atoms with Crippen molar-refractivity contribution in [3.05, 3.63) is 29.6 Å². The summed E-state index contributed by atoms with van der Waals surface area (Å²) in [5.41, 5.74) is 2.75. The van der Waals surface area contributed by atoms with Crippen LogP contribution in [0.25, 0.3) is 0 Å². The van der Waals surface area contributed by atoms with E-state index in [9.17, 15) is 0 Å². The van der Waals surface area contributed by atoms with Gasteiger partial charge in [-0.3, -0.25) is 4.98 Å². The third kappa shape index (κ3) is 1.46. The maximum absolute atomic E-state index is 4.43. The second-order valence-electron chi connectivity index (χ2n) is 4.56. The summed E-state index contributed by atoms with van der Waals surface area (Å²) in [6.07, 6.45) is 1.94. The van der Waals surface area contributed by atoms with Crippen LogP contribution in [0.3, 0.4) is 0 Å². The van der Waals surface area contributed by atoms with Crippen LogP contribution in [-0.2, 0) is 0 Å². The van der Waals surface area contributed by atoms with E-state index in [-0.39, 0.29) is 0 Å². The Bertz CT molecular complexity index is 300. The molecule has 1 atom stereocenters. The van der Waals surface area contributed by atoms with E-state index in [1.54, 1.807) is 0 Å². The maximum Gasteiger partial charge on any atom is 0.0579 e. The summed E-state index contributed by atoms with van der Waals surface area (Å²) in [4.78, 5) is 4.43. The minimum atomic E-state index is 0.363. The van der Waals surface area contributed by atoms with E-state index in [0.717, 1.165) is 6.54 Å². The number of hydrogen-bond acceptors (Lipinski definition) is 2. The average Bonchev–Trinajstić information content (AvgIpc) is 2.07. The average molecular weight is 176 g/mol. The molecule has 0 bridgehead atoms. The van der Waals surface area contributed by atoms with Gasteiger partial charge in [0.2, 0.25) is 0 Å². The SMILES string of the molecule is Cc1ccc(C2NCC2(C)C)nc1. The number of rotatable bonds is 1. The number of aryl methyl sites for hydroxylation is 1. The molecular formula is C11H16N2. The van der Waals surface area contributed by atoms with Crippen molar-refractivity contribution in [2.45, 2.75) is 26.8 Å². The molecule has 13 heavy (non-hydrogen) atoms. The third-order valence-electron chi connectivity index (χ3n) is 2.77. The molecule has 70 valence electrons. The summed E-state index contributed by atoms with van der Waals surface area (Å²) in [6, 6.07) is 4.68. The van der Waals surface area contributed by atoms with Crippen LogP contribution < -0.4 is 5.32 Å². The van der Waals surface area contributed by atoms with Gasteiger partial charge in [-0.15, -0.1) is 0 Å². The van der Waals surface area contributed by atoms with Gasteiger partial charge in [-0.2, -0.15) is 0 Å². The van der Waals surface area contributed by atoms with Gasteiger partial charge in [0.15, 0.2) is 0 Å². The van der Waals surface area contributed by atoms with Crippen molar-refractivity contribution in [3.63, 3.8) is 0 Å². The number of pyridine rings is 1. The first-order valence-electron chi connectivity index (χ1n) is 4.75. The first-order valence-corrected chi connectivity index (χ1v) is 4.75. The Hall–Kier alpha value is -0.890. The molecule has 0 aliphatic carbocycles. The first-order chi connectivity index (χ1) is 6.09. The highest BCUT2D eigenvalue weighted by Crippen LogP contribution is 2.38. The summed E-state index contributed by atoms with van der Waals surface area (Å²) in [5, 5.41) is 3.41. The van der Waals surface area contributed by atoms with E-state index in [2.05, 4.69) is 43.2 Å². The van der Waals surface area contributed by atoms with Crippen molar-refractivity contribution in [1.82, 2.24) is 10.3 Å². The summed E-state index contributed by atoms with van der Waals surface area (Å²) < 4.78 is 0. The van der Waals surface area contributed by atoms with E-state index in [1.165, 1.54) is 11.3 Å². The van der Waals surface area contributed by atoms with Crippen molar-refractivity contribution in [2.24, 2.45) is 5.41 Å². The second kappa shape index (κ2) is 2.81. The number of nitrogens with one attached hydrogen (secondary N) is 1. The van der Waals surface area contributed by atoms with Crippen molar-refractivity contribution < 1.29 is 0 Å². The second-order valence-corrected chi connectivity index (χ2v) is 4.56. The topological polar surface area (TPSA) is 24.9 Å². The molecule has 1 aliphatic rings. The van der Waals surface area contributed by atoms with E-state index >= 15 is 0 Å². The molecule has 0 aromatic carbocycles. The van der Waals surface area contributed by atoms with Crippen molar-refractivity contribution in [2.75, 3.05) is 6.54 Å². The molecule has 2 rings (SSSR count). The zero-order valence-corrected chi connectivity index (χ0v) is 8.46. The molecule has 0 saturated carbocycles. The Morgan fingerprint density at radius 2 is 2.23 bits per heavy atom. The standard InChI is InChI=1S/C11H16N2/c1-8-4-5-9(12-6-8)10-11(2,3)7-13-10/h4-6,10,13H,7H2,1-3H3. The summed E-state index contributed by atoms with van der Waals surface area (Å²) in [6.45, 7) is 7.70. The van der Waals surface area contributed by atoms with Crippen molar-refractivity contribution in [3.8, 4) is 0 Å². The van der Waals surface area contributed by atoms with Crippen LogP contribution in [0, 0.1) is 12.3 Å². The van der Waals surface area contributed by atoms with Crippen LogP contribution in [0.2, 0.25) is 0 Å². The van der Waals surface area contributed by atoms with Gasteiger partial charge in [-0.1, -0.05) is 19.9 Å². The lowest BCUT2D eigenvalue weighted by Gasteiger charge is -2.45. The molecule has 1 N–H and O–H groups in total. The molecule has 1 aliphatic heterocycles. The lowest BCUT2D eigenvalue weighted by molar-refractivity contribution is 0.124.